The van der Waals surface area contributed by atoms with Crippen LogP contribution >= 0.6 is 11.3 Å². The average Bonchev–Trinajstić information content (AvgIpc) is 3.00. The van der Waals surface area contributed by atoms with E-state index in [9.17, 15) is 4.79 Å². The molecule has 1 aliphatic rings. The standard InChI is InChI=1S/C11H17N3OS/c1-2-13-10(15)7-12-5-9-6-14-11(16-9)8-3-4-8/h6,8,12H,2-5,7H2,1H3,(H,13,15). The van der Waals surface area contributed by atoms with Gasteiger partial charge >= 0.3 is 0 Å². The smallest absolute Gasteiger partial charge is 0.233 e. The fraction of sp³-hybridized carbons (Fsp3) is 0.636. The minimum absolute atomic E-state index is 0.0504. The normalized spacial score (nSPS) is 15.1. The maximum Gasteiger partial charge on any atom is 0.233 e. The maximum absolute atomic E-state index is 11.2. The number of aromatic nitrogens is 1. The van der Waals surface area contributed by atoms with Gasteiger partial charge in [0.25, 0.3) is 0 Å². The largest absolute Gasteiger partial charge is 0.355 e. The van der Waals surface area contributed by atoms with Gasteiger partial charge in [0.1, 0.15) is 0 Å². The molecule has 88 valence electrons. The average molecular weight is 239 g/mol. The van der Waals surface area contributed by atoms with Crippen molar-refractivity contribution in [3.05, 3.63) is 16.1 Å². The van der Waals surface area contributed by atoms with Crippen LogP contribution in [-0.4, -0.2) is 24.0 Å². The van der Waals surface area contributed by atoms with E-state index in [1.54, 1.807) is 11.3 Å². The number of nitrogens with zero attached hydrogens (tertiary/aromatic N) is 1. The molecular weight excluding hydrogens is 222 g/mol. The predicted octanol–water partition coefficient (Wildman–Crippen LogP) is 1.25. The van der Waals surface area contributed by atoms with Crippen LogP contribution in [0.15, 0.2) is 6.20 Å². The molecule has 1 heterocycles. The van der Waals surface area contributed by atoms with Gasteiger partial charge in [-0.2, -0.15) is 0 Å². The Bertz CT molecular complexity index is 360. The van der Waals surface area contributed by atoms with Crippen molar-refractivity contribution in [2.24, 2.45) is 0 Å². The van der Waals surface area contributed by atoms with Gasteiger partial charge in [-0.25, -0.2) is 4.98 Å². The molecule has 1 fully saturated rings. The number of hydrogen-bond acceptors (Lipinski definition) is 4. The lowest BCUT2D eigenvalue weighted by molar-refractivity contribution is -0.120. The molecule has 0 unspecified atom stereocenters. The Balaban J connectivity index is 1.70. The number of thiazole rings is 1. The Labute approximate surface area is 99.5 Å². The summed E-state index contributed by atoms with van der Waals surface area (Å²) in [7, 11) is 0. The highest BCUT2D eigenvalue weighted by Gasteiger charge is 2.26. The van der Waals surface area contributed by atoms with Crippen LogP contribution < -0.4 is 10.6 Å². The van der Waals surface area contributed by atoms with E-state index in [1.807, 2.05) is 13.1 Å². The van der Waals surface area contributed by atoms with Crippen LogP contribution in [0.4, 0.5) is 0 Å². The summed E-state index contributed by atoms with van der Waals surface area (Å²) in [6, 6.07) is 0. The summed E-state index contributed by atoms with van der Waals surface area (Å²) in [5.41, 5.74) is 0. The summed E-state index contributed by atoms with van der Waals surface area (Å²) < 4.78 is 0. The molecule has 0 bridgehead atoms. The minimum Gasteiger partial charge on any atom is -0.355 e. The lowest BCUT2D eigenvalue weighted by Gasteiger charge is -2.02. The maximum atomic E-state index is 11.2. The molecule has 5 heteroatoms. The Morgan fingerprint density at radius 3 is 3.12 bits per heavy atom. The predicted molar refractivity (Wildman–Crippen MR) is 64.5 cm³/mol. The summed E-state index contributed by atoms with van der Waals surface area (Å²) in [6.45, 7) is 3.72. The highest BCUT2D eigenvalue weighted by atomic mass is 32.1. The topological polar surface area (TPSA) is 54.0 Å². The van der Waals surface area contributed by atoms with Crippen LogP contribution in [0.1, 0.15) is 35.6 Å². The van der Waals surface area contributed by atoms with Gasteiger partial charge in [0.2, 0.25) is 5.91 Å². The second kappa shape index (κ2) is 5.41. The van der Waals surface area contributed by atoms with Gasteiger partial charge in [-0.3, -0.25) is 4.79 Å². The number of likely N-dealkylation sites (N-methyl/N-ethyl adjacent to an activating group) is 1. The molecule has 0 radical (unpaired) electrons. The Morgan fingerprint density at radius 2 is 2.44 bits per heavy atom. The molecule has 0 aliphatic heterocycles. The number of amides is 1. The molecule has 1 aromatic heterocycles. The first kappa shape index (κ1) is 11.5. The van der Waals surface area contributed by atoms with E-state index >= 15 is 0 Å². The SMILES string of the molecule is CCNC(=O)CNCc1cnc(C2CC2)s1. The van der Waals surface area contributed by atoms with Crippen LogP contribution in [0.3, 0.4) is 0 Å². The summed E-state index contributed by atoms with van der Waals surface area (Å²) >= 11 is 1.76. The van der Waals surface area contributed by atoms with Gasteiger partial charge in [-0.05, 0) is 19.8 Å². The van der Waals surface area contributed by atoms with Crippen molar-refractivity contribution < 1.29 is 4.79 Å². The van der Waals surface area contributed by atoms with Gasteiger partial charge in [0.05, 0.1) is 11.6 Å². The minimum atomic E-state index is 0.0504. The van der Waals surface area contributed by atoms with Crippen molar-refractivity contribution in [2.75, 3.05) is 13.1 Å². The number of carbonyl (C=O) groups is 1. The number of rotatable bonds is 6. The van der Waals surface area contributed by atoms with Crippen molar-refractivity contribution in [2.45, 2.75) is 32.2 Å². The second-order valence-electron chi connectivity index (χ2n) is 4.00. The monoisotopic (exact) mass is 239 g/mol. The highest BCUT2D eigenvalue weighted by Crippen LogP contribution is 2.41. The Morgan fingerprint density at radius 1 is 1.62 bits per heavy atom. The third kappa shape index (κ3) is 3.28. The molecule has 0 atom stereocenters. The van der Waals surface area contributed by atoms with Gasteiger partial charge in [0.15, 0.2) is 0 Å². The van der Waals surface area contributed by atoms with Crippen LogP contribution in [0, 0.1) is 0 Å². The molecule has 4 nitrogen and oxygen atoms in total. The fourth-order valence-corrected chi connectivity index (χ4v) is 2.54. The lowest BCUT2D eigenvalue weighted by Crippen LogP contribution is -2.33. The molecule has 2 rings (SSSR count). The van der Waals surface area contributed by atoms with E-state index in [4.69, 9.17) is 0 Å². The van der Waals surface area contributed by atoms with Crippen molar-refractivity contribution in [3.63, 3.8) is 0 Å². The summed E-state index contributed by atoms with van der Waals surface area (Å²) in [5.74, 6) is 0.775. The van der Waals surface area contributed by atoms with Gasteiger partial charge in [-0.15, -0.1) is 11.3 Å². The van der Waals surface area contributed by atoms with E-state index in [0.29, 0.717) is 13.1 Å². The van der Waals surface area contributed by atoms with E-state index in [-0.39, 0.29) is 5.91 Å². The van der Waals surface area contributed by atoms with Crippen molar-refractivity contribution in [3.8, 4) is 0 Å². The third-order valence-corrected chi connectivity index (χ3v) is 3.62. The van der Waals surface area contributed by atoms with Crippen molar-refractivity contribution >= 4 is 17.2 Å². The van der Waals surface area contributed by atoms with E-state index in [2.05, 4.69) is 15.6 Å². The van der Waals surface area contributed by atoms with E-state index < -0.39 is 0 Å². The van der Waals surface area contributed by atoms with Crippen LogP contribution in [0.2, 0.25) is 0 Å². The fourth-order valence-electron chi connectivity index (χ4n) is 1.48. The first-order chi connectivity index (χ1) is 7.79. The summed E-state index contributed by atoms with van der Waals surface area (Å²) in [6.07, 6.45) is 4.50. The zero-order valence-corrected chi connectivity index (χ0v) is 10.3. The zero-order valence-electron chi connectivity index (χ0n) is 9.45. The molecule has 2 N–H and O–H groups in total. The second-order valence-corrected chi connectivity index (χ2v) is 5.14. The zero-order chi connectivity index (χ0) is 11.4. The third-order valence-electron chi connectivity index (χ3n) is 2.46. The molecule has 0 aromatic carbocycles. The van der Waals surface area contributed by atoms with E-state index in [1.165, 1.54) is 22.7 Å². The number of hydrogen-bond donors (Lipinski definition) is 2. The quantitative estimate of drug-likeness (QED) is 0.785. The molecule has 1 amide bonds. The molecule has 16 heavy (non-hydrogen) atoms. The van der Waals surface area contributed by atoms with Crippen LogP contribution in [-0.2, 0) is 11.3 Å². The molecule has 0 saturated heterocycles. The lowest BCUT2D eigenvalue weighted by atomic mass is 10.4. The van der Waals surface area contributed by atoms with Crippen molar-refractivity contribution in [1.82, 2.24) is 15.6 Å². The van der Waals surface area contributed by atoms with Gasteiger partial charge in [0, 0.05) is 30.1 Å². The van der Waals surface area contributed by atoms with Crippen molar-refractivity contribution in [1.29, 1.82) is 0 Å². The number of carbonyl (C=O) groups excluding carboxylic acids is 1. The Kier molecular flexibility index (Phi) is 3.90. The van der Waals surface area contributed by atoms with Crippen LogP contribution in [0.25, 0.3) is 0 Å². The molecule has 1 aliphatic carbocycles. The first-order valence-electron chi connectivity index (χ1n) is 5.71. The number of nitrogens with one attached hydrogen (secondary N) is 2. The molecule has 1 saturated carbocycles. The summed E-state index contributed by atoms with van der Waals surface area (Å²) in [4.78, 5) is 16.8. The van der Waals surface area contributed by atoms with Gasteiger partial charge in [-0.1, -0.05) is 0 Å². The molecule has 1 aromatic rings. The highest BCUT2D eigenvalue weighted by molar-refractivity contribution is 7.11. The first-order valence-corrected chi connectivity index (χ1v) is 6.53. The molecule has 0 spiro atoms. The Hall–Kier alpha value is -0.940. The van der Waals surface area contributed by atoms with E-state index in [0.717, 1.165) is 12.5 Å². The van der Waals surface area contributed by atoms with Crippen LogP contribution in [0.5, 0.6) is 0 Å². The van der Waals surface area contributed by atoms with Gasteiger partial charge < -0.3 is 10.6 Å². The summed E-state index contributed by atoms with van der Waals surface area (Å²) in [5, 5.41) is 7.13. The molecular formula is C11H17N3OS.